The van der Waals surface area contributed by atoms with Crippen molar-refractivity contribution < 1.29 is 4.74 Å². The molecule has 1 aromatic heterocycles. The average Bonchev–Trinajstić information content (AvgIpc) is 2.76. The summed E-state index contributed by atoms with van der Waals surface area (Å²) >= 11 is 1.83. The monoisotopic (exact) mass is 261 g/mol. The van der Waals surface area contributed by atoms with E-state index in [-0.39, 0.29) is 0 Å². The smallest absolute Gasteiger partial charge is 0.141 e. The van der Waals surface area contributed by atoms with E-state index in [0.29, 0.717) is 6.04 Å². The van der Waals surface area contributed by atoms with Crippen molar-refractivity contribution in [1.29, 1.82) is 0 Å². The zero-order valence-corrected chi connectivity index (χ0v) is 12.1. The summed E-state index contributed by atoms with van der Waals surface area (Å²) < 4.78 is 5.38. The standard InChI is InChI=1S/C15H19NOS/c1-10-5-7-14(17-4)13(9-10)16-12(3)15-8-6-11(2)18-15/h5-9,12,16H,1-4H3. The Hall–Kier alpha value is -1.48. The Morgan fingerprint density at radius 1 is 1.17 bits per heavy atom. The molecule has 1 heterocycles. The van der Waals surface area contributed by atoms with Crippen molar-refractivity contribution in [2.75, 3.05) is 12.4 Å². The van der Waals surface area contributed by atoms with Gasteiger partial charge in [0.05, 0.1) is 18.8 Å². The lowest BCUT2D eigenvalue weighted by atomic mass is 10.2. The summed E-state index contributed by atoms with van der Waals surface area (Å²) in [6.45, 7) is 6.39. The molecule has 3 heteroatoms. The van der Waals surface area contributed by atoms with Gasteiger partial charge in [-0.2, -0.15) is 0 Å². The van der Waals surface area contributed by atoms with Gasteiger partial charge in [0.15, 0.2) is 0 Å². The maximum absolute atomic E-state index is 5.38. The van der Waals surface area contributed by atoms with Crippen LogP contribution >= 0.6 is 11.3 Å². The quantitative estimate of drug-likeness (QED) is 0.872. The fourth-order valence-corrected chi connectivity index (χ4v) is 2.80. The topological polar surface area (TPSA) is 21.3 Å². The van der Waals surface area contributed by atoms with Gasteiger partial charge in [-0.05, 0) is 50.6 Å². The minimum atomic E-state index is 0.291. The van der Waals surface area contributed by atoms with Crippen LogP contribution < -0.4 is 10.1 Å². The highest BCUT2D eigenvalue weighted by molar-refractivity contribution is 7.12. The van der Waals surface area contributed by atoms with Crippen molar-refractivity contribution in [2.45, 2.75) is 26.8 Å². The minimum Gasteiger partial charge on any atom is -0.495 e. The maximum Gasteiger partial charge on any atom is 0.141 e. The highest BCUT2D eigenvalue weighted by Gasteiger charge is 2.10. The van der Waals surface area contributed by atoms with Crippen LogP contribution in [0.3, 0.4) is 0 Å². The second kappa shape index (κ2) is 5.44. The van der Waals surface area contributed by atoms with Gasteiger partial charge in [0, 0.05) is 9.75 Å². The predicted octanol–water partition coefficient (Wildman–Crippen LogP) is 4.55. The first-order valence-corrected chi connectivity index (χ1v) is 6.89. The van der Waals surface area contributed by atoms with Gasteiger partial charge in [0.1, 0.15) is 5.75 Å². The number of methoxy groups -OCH3 is 1. The second-order valence-electron chi connectivity index (χ2n) is 4.52. The molecular formula is C15H19NOS. The summed E-state index contributed by atoms with van der Waals surface area (Å²) in [6.07, 6.45) is 0. The van der Waals surface area contributed by atoms with E-state index in [1.165, 1.54) is 15.3 Å². The van der Waals surface area contributed by atoms with E-state index in [4.69, 9.17) is 4.74 Å². The Bertz CT molecular complexity index is 533. The number of rotatable bonds is 4. The van der Waals surface area contributed by atoms with E-state index in [0.717, 1.165) is 11.4 Å². The van der Waals surface area contributed by atoms with Gasteiger partial charge < -0.3 is 10.1 Å². The van der Waals surface area contributed by atoms with Crippen molar-refractivity contribution in [3.63, 3.8) is 0 Å². The fraction of sp³-hybridized carbons (Fsp3) is 0.333. The lowest BCUT2D eigenvalue weighted by Gasteiger charge is -2.17. The van der Waals surface area contributed by atoms with E-state index in [1.54, 1.807) is 7.11 Å². The molecule has 1 aromatic carbocycles. The molecule has 0 saturated heterocycles. The van der Waals surface area contributed by atoms with Crippen LogP contribution in [0.5, 0.6) is 5.75 Å². The summed E-state index contributed by atoms with van der Waals surface area (Å²) in [6, 6.07) is 10.8. The summed E-state index contributed by atoms with van der Waals surface area (Å²) in [5, 5.41) is 3.52. The van der Waals surface area contributed by atoms with Gasteiger partial charge in [-0.15, -0.1) is 11.3 Å². The number of nitrogens with one attached hydrogen (secondary N) is 1. The zero-order chi connectivity index (χ0) is 13.1. The summed E-state index contributed by atoms with van der Waals surface area (Å²) in [5.74, 6) is 0.890. The van der Waals surface area contributed by atoms with Crippen molar-refractivity contribution in [2.24, 2.45) is 0 Å². The second-order valence-corrected chi connectivity index (χ2v) is 5.84. The van der Waals surface area contributed by atoms with Crippen LogP contribution in [0.15, 0.2) is 30.3 Å². The average molecular weight is 261 g/mol. The Balaban J connectivity index is 2.20. The third kappa shape index (κ3) is 2.85. The largest absolute Gasteiger partial charge is 0.495 e. The van der Waals surface area contributed by atoms with Crippen LogP contribution in [0.1, 0.15) is 28.3 Å². The number of hydrogen-bond acceptors (Lipinski definition) is 3. The molecule has 0 aliphatic rings. The molecule has 2 rings (SSSR count). The molecule has 0 amide bonds. The fourth-order valence-electron chi connectivity index (χ4n) is 1.93. The molecule has 0 radical (unpaired) electrons. The Morgan fingerprint density at radius 3 is 2.56 bits per heavy atom. The highest BCUT2D eigenvalue weighted by atomic mass is 32.1. The lowest BCUT2D eigenvalue weighted by Crippen LogP contribution is -2.06. The maximum atomic E-state index is 5.38. The van der Waals surface area contributed by atoms with Gasteiger partial charge in [-0.25, -0.2) is 0 Å². The van der Waals surface area contributed by atoms with E-state index >= 15 is 0 Å². The van der Waals surface area contributed by atoms with Crippen molar-refractivity contribution in [3.05, 3.63) is 45.6 Å². The van der Waals surface area contributed by atoms with Crippen LogP contribution in [0.2, 0.25) is 0 Å². The molecular weight excluding hydrogens is 242 g/mol. The van der Waals surface area contributed by atoms with Gasteiger partial charge in [-0.1, -0.05) is 6.07 Å². The molecule has 2 nitrogen and oxygen atoms in total. The Labute approximate surface area is 113 Å². The molecule has 1 atom stereocenters. The number of ether oxygens (including phenoxy) is 1. The molecule has 1 unspecified atom stereocenters. The SMILES string of the molecule is COc1ccc(C)cc1NC(C)c1ccc(C)s1. The van der Waals surface area contributed by atoms with Gasteiger partial charge in [0.25, 0.3) is 0 Å². The van der Waals surface area contributed by atoms with Crippen LogP contribution in [-0.2, 0) is 0 Å². The predicted molar refractivity (Wildman–Crippen MR) is 78.8 cm³/mol. The molecule has 96 valence electrons. The third-order valence-electron chi connectivity index (χ3n) is 2.91. The molecule has 0 spiro atoms. The summed E-state index contributed by atoms with van der Waals surface area (Å²) in [4.78, 5) is 2.69. The first-order chi connectivity index (χ1) is 8.60. The normalized spacial score (nSPS) is 12.2. The van der Waals surface area contributed by atoms with Gasteiger partial charge in [0.2, 0.25) is 0 Å². The van der Waals surface area contributed by atoms with Gasteiger partial charge >= 0.3 is 0 Å². The summed E-state index contributed by atoms with van der Waals surface area (Å²) in [7, 11) is 1.70. The molecule has 2 aromatic rings. The van der Waals surface area contributed by atoms with E-state index in [9.17, 15) is 0 Å². The van der Waals surface area contributed by atoms with Crippen LogP contribution in [0, 0.1) is 13.8 Å². The number of hydrogen-bond donors (Lipinski definition) is 1. The molecule has 0 aliphatic heterocycles. The minimum absolute atomic E-state index is 0.291. The molecule has 18 heavy (non-hydrogen) atoms. The van der Waals surface area contributed by atoms with Crippen molar-refractivity contribution in [3.8, 4) is 5.75 Å². The molecule has 0 bridgehead atoms. The first-order valence-electron chi connectivity index (χ1n) is 6.07. The lowest BCUT2D eigenvalue weighted by molar-refractivity contribution is 0.416. The Morgan fingerprint density at radius 2 is 1.94 bits per heavy atom. The Kier molecular flexibility index (Phi) is 3.92. The molecule has 0 saturated carbocycles. The first kappa shape index (κ1) is 13.0. The van der Waals surface area contributed by atoms with Crippen LogP contribution in [0.25, 0.3) is 0 Å². The molecule has 0 fully saturated rings. The van der Waals surface area contributed by atoms with E-state index in [1.807, 2.05) is 17.4 Å². The third-order valence-corrected chi connectivity index (χ3v) is 4.10. The van der Waals surface area contributed by atoms with E-state index in [2.05, 4.69) is 50.4 Å². The number of thiophene rings is 1. The zero-order valence-electron chi connectivity index (χ0n) is 11.3. The van der Waals surface area contributed by atoms with Crippen molar-refractivity contribution >= 4 is 17.0 Å². The number of aryl methyl sites for hydroxylation is 2. The van der Waals surface area contributed by atoms with Crippen molar-refractivity contribution in [1.82, 2.24) is 0 Å². The summed E-state index contributed by atoms with van der Waals surface area (Å²) in [5.41, 5.74) is 2.28. The molecule has 1 N–H and O–H groups in total. The van der Waals surface area contributed by atoms with Crippen LogP contribution in [-0.4, -0.2) is 7.11 Å². The number of anilines is 1. The number of benzene rings is 1. The van der Waals surface area contributed by atoms with Gasteiger partial charge in [-0.3, -0.25) is 0 Å². The highest BCUT2D eigenvalue weighted by Crippen LogP contribution is 2.31. The van der Waals surface area contributed by atoms with E-state index < -0.39 is 0 Å². The van der Waals surface area contributed by atoms with Crippen LogP contribution in [0.4, 0.5) is 5.69 Å². The molecule has 0 aliphatic carbocycles.